The summed E-state index contributed by atoms with van der Waals surface area (Å²) in [6.45, 7) is 15.4. The molecule has 1 atom stereocenters. The van der Waals surface area contributed by atoms with Crippen LogP contribution in [-0.4, -0.2) is 31.1 Å². The fourth-order valence-electron chi connectivity index (χ4n) is 6.53. The lowest BCUT2D eigenvalue weighted by molar-refractivity contribution is 0.102. The summed E-state index contributed by atoms with van der Waals surface area (Å²) in [5, 5.41) is 0. The number of nitrogens with zero attached hydrogens (tertiary/aromatic N) is 1. The Hall–Kier alpha value is -5.12. The first-order valence-corrected chi connectivity index (χ1v) is 16.7. The van der Waals surface area contributed by atoms with Gasteiger partial charge >= 0.3 is 11.4 Å². The number of aryl methyl sites for hydroxylation is 4. The van der Waals surface area contributed by atoms with E-state index in [1.165, 1.54) is 4.57 Å². The third-order valence-electron chi connectivity index (χ3n) is 8.62. The van der Waals surface area contributed by atoms with Crippen LogP contribution in [0.5, 0.6) is 0 Å². The average Bonchev–Trinajstić information content (AvgIpc) is 3.52. The Morgan fingerprint density at radius 2 is 1.22 bits per heavy atom. The van der Waals surface area contributed by atoms with E-state index >= 15 is 0 Å². The zero-order valence-electron chi connectivity index (χ0n) is 29.6. The van der Waals surface area contributed by atoms with Crippen LogP contribution in [0.3, 0.4) is 0 Å². The van der Waals surface area contributed by atoms with Crippen molar-refractivity contribution in [2.45, 2.75) is 93.0 Å². The van der Waals surface area contributed by atoms with E-state index in [0.29, 0.717) is 34.7 Å². The number of aromatic amines is 3. The van der Waals surface area contributed by atoms with Crippen molar-refractivity contribution in [1.29, 1.82) is 0 Å². The first kappa shape index (κ1) is 36.7. The summed E-state index contributed by atoms with van der Waals surface area (Å²) in [5.74, 6) is -0.540. The number of H-pyrrole nitrogens is 3. The van der Waals surface area contributed by atoms with E-state index < -0.39 is 22.5 Å². The fraction of sp³-hybridized carbons (Fsp3) is 0.385. The van der Waals surface area contributed by atoms with Crippen LogP contribution in [-0.2, 0) is 6.54 Å². The van der Waals surface area contributed by atoms with E-state index in [1.54, 1.807) is 26.0 Å². The molecule has 0 bridgehead atoms. The van der Waals surface area contributed by atoms with Crippen molar-refractivity contribution < 1.29 is 9.59 Å². The summed E-state index contributed by atoms with van der Waals surface area (Å²) in [7, 11) is 0. The number of carbonyl (C=O) groups is 2. The van der Waals surface area contributed by atoms with Crippen molar-refractivity contribution in [3.8, 4) is 0 Å². The van der Waals surface area contributed by atoms with E-state index in [1.807, 2.05) is 65.8 Å². The van der Waals surface area contributed by atoms with Gasteiger partial charge in [0.15, 0.2) is 0 Å². The molecule has 258 valence electrons. The van der Waals surface area contributed by atoms with Crippen LogP contribution in [0.25, 0.3) is 0 Å². The largest absolute Gasteiger partial charge is 0.328 e. The molecule has 5 rings (SSSR count). The van der Waals surface area contributed by atoms with E-state index in [9.17, 15) is 28.8 Å². The summed E-state index contributed by atoms with van der Waals surface area (Å²) in [5.41, 5.74) is 3.67. The Morgan fingerprint density at radius 3 is 1.71 bits per heavy atom. The monoisotopic (exact) mass is 666 g/mol. The smallest absolute Gasteiger partial charge is 0.304 e. The maximum absolute atomic E-state index is 13.5. The van der Waals surface area contributed by atoms with Crippen molar-refractivity contribution in [2.75, 3.05) is 0 Å². The molecule has 0 saturated carbocycles. The molecule has 0 fully saturated rings. The maximum atomic E-state index is 13.5. The third kappa shape index (κ3) is 8.68. The van der Waals surface area contributed by atoms with Gasteiger partial charge in [-0.05, 0) is 89.0 Å². The predicted molar refractivity (Wildman–Crippen MR) is 192 cm³/mol. The fourth-order valence-corrected chi connectivity index (χ4v) is 6.53. The van der Waals surface area contributed by atoms with Crippen molar-refractivity contribution >= 4 is 11.6 Å². The topological polar surface area (TPSA) is 155 Å². The van der Waals surface area contributed by atoms with Crippen LogP contribution in [0.4, 0.5) is 0 Å². The first-order chi connectivity index (χ1) is 23.1. The Balaban J connectivity index is 0.000000230. The van der Waals surface area contributed by atoms with Gasteiger partial charge < -0.3 is 4.98 Å². The van der Waals surface area contributed by atoms with Crippen LogP contribution < -0.4 is 22.5 Å². The van der Waals surface area contributed by atoms with Crippen LogP contribution >= 0.6 is 0 Å². The Morgan fingerprint density at radius 1 is 0.714 bits per heavy atom. The molecular weight excluding hydrogens is 620 g/mol. The second-order valence-electron chi connectivity index (χ2n) is 13.6. The van der Waals surface area contributed by atoms with Gasteiger partial charge in [0.2, 0.25) is 11.6 Å². The molecule has 0 aliphatic heterocycles. The minimum Gasteiger partial charge on any atom is -0.304 e. The predicted octanol–water partition coefficient (Wildman–Crippen LogP) is 5.90. The highest BCUT2D eigenvalue weighted by Crippen LogP contribution is 2.24. The van der Waals surface area contributed by atoms with Crippen molar-refractivity contribution in [3.05, 3.63) is 146 Å². The molecule has 1 aliphatic carbocycles. The van der Waals surface area contributed by atoms with Gasteiger partial charge in [0, 0.05) is 28.8 Å². The quantitative estimate of drug-likeness (QED) is 0.149. The van der Waals surface area contributed by atoms with E-state index in [2.05, 4.69) is 27.1 Å². The van der Waals surface area contributed by atoms with Crippen LogP contribution in [0.1, 0.15) is 124 Å². The highest BCUT2D eigenvalue weighted by molar-refractivity contribution is 6.09. The lowest BCUT2D eigenvalue weighted by Crippen LogP contribution is -2.38. The molecule has 10 nitrogen and oxygen atoms in total. The zero-order valence-corrected chi connectivity index (χ0v) is 29.6. The molecule has 4 aromatic rings. The third-order valence-corrected chi connectivity index (χ3v) is 8.62. The number of aromatic nitrogens is 4. The molecule has 10 heteroatoms. The van der Waals surface area contributed by atoms with Crippen molar-refractivity contribution in [3.63, 3.8) is 0 Å². The molecule has 3 N–H and O–H groups in total. The number of hydrogen-bond donors (Lipinski definition) is 3. The molecular formula is C39H46N4O6. The maximum Gasteiger partial charge on any atom is 0.328 e. The van der Waals surface area contributed by atoms with Crippen molar-refractivity contribution in [1.82, 2.24) is 19.5 Å². The first-order valence-electron chi connectivity index (χ1n) is 16.7. The highest BCUT2D eigenvalue weighted by Gasteiger charge is 2.25. The number of benzene rings is 2. The molecule has 0 radical (unpaired) electrons. The Labute approximate surface area is 285 Å². The number of rotatable bonds is 9. The Bertz CT molecular complexity index is 2120. The Kier molecular flexibility index (Phi) is 11.5. The minimum atomic E-state index is -0.669. The summed E-state index contributed by atoms with van der Waals surface area (Å²) in [6.07, 6.45) is 7.21. The second-order valence-corrected chi connectivity index (χ2v) is 13.6. The lowest BCUT2D eigenvalue weighted by Gasteiger charge is -2.18. The molecule has 2 aromatic carbocycles. The van der Waals surface area contributed by atoms with Gasteiger partial charge in [0.05, 0.1) is 5.69 Å². The van der Waals surface area contributed by atoms with Gasteiger partial charge in [-0.3, -0.25) is 33.7 Å². The van der Waals surface area contributed by atoms with Gasteiger partial charge in [-0.2, -0.15) is 0 Å². The molecule has 1 unspecified atom stereocenters. The second kappa shape index (κ2) is 15.4. The molecule has 0 saturated heterocycles. The molecule has 2 heterocycles. The normalized spacial score (nSPS) is 13.9. The number of carbonyl (C=O) groups excluding carboxylic acids is 2. The summed E-state index contributed by atoms with van der Waals surface area (Å²) in [6, 6.07) is 11.1. The van der Waals surface area contributed by atoms with E-state index in [-0.39, 0.29) is 34.8 Å². The van der Waals surface area contributed by atoms with Crippen LogP contribution in [0.2, 0.25) is 0 Å². The standard InChI is InChI=1S/C23H28N2O3.C16H18N2O3/c1-14(2)19-20(21(26)18-12-15(3)11-16(4)13-18)25(23(28)24-22(19)27)10-9-17-7-5-6-8-17;1-8(2)12-13(17-16(21)18-15(12)20)14(19)11-6-9(3)5-10(4)7-11/h5,7,11-14,17H,6,8-10H2,1-4H3,(H,24,27,28);5-8H,1-4H3,(H2,17,18,20,21). The summed E-state index contributed by atoms with van der Waals surface area (Å²) < 4.78 is 1.48. The molecule has 0 spiro atoms. The lowest BCUT2D eigenvalue weighted by atomic mass is 9.95. The zero-order chi connectivity index (χ0) is 36.2. The summed E-state index contributed by atoms with van der Waals surface area (Å²) >= 11 is 0. The highest BCUT2D eigenvalue weighted by atomic mass is 16.2. The number of hydrogen-bond acceptors (Lipinski definition) is 6. The van der Waals surface area contributed by atoms with Gasteiger partial charge in [0.25, 0.3) is 11.1 Å². The number of nitrogens with one attached hydrogen (secondary N) is 3. The van der Waals surface area contributed by atoms with Gasteiger partial charge in [-0.25, -0.2) is 9.59 Å². The van der Waals surface area contributed by atoms with Crippen LogP contribution in [0.15, 0.2) is 67.7 Å². The molecule has 0 amide bonds. The van der Waals surface area contributed by atoms with Gasteiger partial charge in [0.1, 0.15) is 5.69 Å². The molecule has 1 aliphatic rings. The SMILES string of the molecule is Cc1cc(C)cc(C(=O)c2[nH]c(=O)[nH]c(=O)c2C(C)C)c1.Cc1cc(C)cc(C(=O)c2c(C(C)C)c(=O)[nH]c(=O)n2CCC2C=CCC2)c1. The minimum absolute atomic E-state index is 0.0729. The van der Waals surface area contributed by atoms with Gasteiger partial charge in [-0.1, -0.05) is 74.2 Å². The van der Waals surface area contributed by atoms with Crippen molar-refractivity contribution in [2.24, 2.45) is 5.92 Å². The van der Waals surface area contributed by atoms with E-state index in [4.69, 9.17) is 0 Å². The van der Waals surface area contributed by atoms with Gasteiger partial charge in [-0.15, -0.1) is 0 Å². The summed E-state index contributed by atoms with van der Waals surface area (Å²) in [4.78, 5) is 81.8. The average molecular weight is 667 g/mol. The number of ketones is 2. The number of allylic oxidation sites excluding steroid dienone is 2. The molecule has 2 aromatic heterocycles. The van der Waals surface area contributed by atoms with E-state index in [0.717, 1.165) is 41.5 Å². The molecule has 49 heavy (non-hydrogen) atoms. The van der Waals surface area contributed by atoms with Crippen LogP contribution in [0, 0.1) is 33.6 Å².